The molecule has 0 aliphatic rings. The summed E-state index contributed by atoms with van der Waals surface area (Å²) in [5, 5.41) is 20.0. The number of hydrogen-bond acceptors (Lipinski definition) is 4. The predicted octanol–water partition coefficient (Wildman–Crippen LogP) is 3.11. The lowest BCUT2D eigenvalue weighted by Crippen LogP contribution is -2.02. The number of nitro groups is 1. The molecule has 0 aliphatic carbocycles. The first-order chi connectivity index (χ1) is 9.95. The first-order valence-electron chi connectivity index (χ1n) is 5.80. The number of nitro benzene ring substituents is 1. The van der Waals surface area contributed by atoms with Crippen LogP contribution in [0, 0.1) is 15.9 Å². The molecule has 6 nitrogen and oxygen atoms in total. The highest BCUT2D eigenvalue weighted by molar-refractivity contribution is 5.96. The Bertz CT molecular complexity index is 729. The van der Waals surface area contributed by atoms with Gasteiger partial charge in [0.25, 0.3) is 5.69 Å². The van der Waals surface area contributed by atoms with E-state index in [1.54, 1.807) is 0 Å². The van der Waals surface area contributed by atoms with Gasteiger partial charge in [0.2, 0.25) is 0 Å². The number of carboxylic acid groups (broad SMARTS) is 1. The van der Waals surface area contributed by atoms with E-state index in [0.29, 0.717) is 0 Å². The van der Waals surface area contributed by atoms with Gasteiger partial charge in [-0.1, -0.05) is 12.1 Å². The molecule has 0 radical (unpaired) electrons. The molecule has 0 aliphatic heterocycles. The van der Waals surface area contributed by atoms with E-state index in [2.05, 4.69) is 0 Å². The number of carbonyl (C=O) groups is 1. The van der Waals surface area contributed by atoms with Crippen molar-refractivity contribution in [1.82, 2.24) is 0 Å². The number of carboxylic acids is 1. The predicted molar refractivity (Wildman–Crippen MR) is 72.0 cm³/mol. The number of benzene rings is 2. The molecule has 0 amide bonds. The van der Waals surface area contributed by atoms with Crippen LogP contribution < -0.4 is 4.74 Å². The van der Waals surface area contributed by atoms with E-state index in [4.69, 9.17) is 9.84 Å². The van der Waals surface area contributed by atoms with Gasteiger partial charge < -0.3 is 9.84 Å². The van der Waals surface area contributed by atoms with E-state index < -0.39 is 16.7 Å². The van der Waals surface area contributed by atoms with Crippen molar-refractivity contribution < 1.29 is 24.0 Å². The zero-order valence-electron chi connectivity index (χ0n) is 10.9. The Kier molecular flexibility index (Phi) is 3.84. The van der Waals surface area contributed by atoms with Crippen LogP contribution in [0.15, 0.2) is 36.4 Å². The van der Waals surface area contributed by atoms with Crippen molar-refractivity contribution in [2.24, 2.45) is 0 Å². The fourth-order valence-electron chi connectivity index (χ4n) is 1.93. The number of ether oxygens (including phenoxy) is 1. The highest BCUT2D eigenvalue weighted by atomic mass is 19.1. The molecular weight excluding hydrogens is 281 g/mol. The Morgan fingerprint density at radius 2 is 2.00 bits per heavy atom. The fourth-order valence-corrected chi connectivity index (χ4v) is 1.93. The molecule has 0 saturated carbocycles. The second kappa shape index (κ2) is 5.58. The van der Waals surface area contributed by atoms with Gasteiger partial charge >= 0.3 is 5.97 Å². The summed E-state index contributed by atoms with van der Waals surface area (Å²) in [6, 6.07) is 7.35. The molecule has 7 heteroatoms. The number of hydrogen-bond donors (Lipinski definition) is 1. The van der Waals surface area contributed by atoms with E-state index >= 15 is 0 Å². The van der Waals surface area contributed by atoms with Crippen molar-refractivity contribution >= 4 is 11.7 Å². The molecule has 0 fully saturated rings. The fraction of sp³-hybridized carbons (Fsp3) is 0.0714. The molecule has 0 aromatic heterocycles. The van der Waals surface area contributed by atoms with Crippen LogP contribution in [0.1, 0.15) is 10.4 Å². The maximum Gasteiger partial charge on any atom is 0.336 e. The summed E-state index contributed by atoms with van der Waals surface area (Å²) in [7, 11) is 1.27. The van der Waals surface area contributed by atoms with Gasteiger partial charge in [0.05, 0.1) is 17.6 Å². The van der Waals surface area contributed by atoms with Gasteiger partial charge in [-0.3, -0.25) is 10.1 Å². The maximum absolute atomic E-state index is 14.2. The summed E-state index contributed by atoms with van der Waals surface area (Å²) in [4.78, 5) is 21.4. The number of halogens is 1. The number of nitrogens with zero attached hydrogens (tertiary/aromatic N) is 1. The van der Waals surface area contributed by atoms with Gasteiger partial charge in [0.1, 0.15) is 0 Å². The number of rotatable bonds is 4. The molecular formula is C14H10FNO5. The highest BCUT2D eigenvalue weighted by Crippen LogP contribution is 2.33. The SMILES string of the molecule is COc1cccc(-c2cc([N+](=O)[O-])ccc2C(=O)O)c1F. The Morgan fingerprint density at radius 3 is 2.57 bits per heavy atom. The molecule has 2 aromatic carbocycles. The van der Waals surface area contributed by atoms with Crippen LogP contribution in [0.4, 0.5) is 10.1 Å². The topological polar surface area (TPSA) is 89.7 Å². The lowest BCUT2D eigenvalue weighted by atomic mass is 9.98. The van der Waals surface area contributed by atoms with E-state index in [0.717, 1.165) is 18.2 Å². The van der Waals surface area contributed by atoms with Crippen molar-refractivity contribution in [1.29, 1.82) is 0 Å². The highest BCUT2D eigenvalue weighted by Gasteiger charge is 2.20. The van der Waals surface area contributed by atoms with Gasteiger partial charge in [-0.15, -0.1) is 0 Å². The Morgan fingerprint density at radius 1 is 1.29 bits per heavy atom. The largest absolute Gasteiger partial charge is 0.494 e. The van der Waals surface area contributed by atoms with Gasteiger partial charge in [0, 0.05) is 23.3 Å². The van der Waals surface area contributed by atoms with Gasteiger partial charge in [-0.2, -0.15) is 0 Å². The summed E-state index contributed by atoms with van der Waals surface area (Å²) < 4.78 is 19.1. The lowest BCUT2D eigenvalue weighted by Gasteiger charge is -2.10. The van der Waals surface area contributed by atoms with E-state index in [9.17, 15) is 19.3 Å². The molecule has 0 saturated heterocycles. The summed E-state index contributed by atoms with van der Waals surface area (Å²) in [6.45, 7) is 0. The third-order valence-corrected chi connectivity index (χ3v) is 2.92. The number of aromatic carboxylic acids is 1. The van der Waals surface area contributed by atoms with Gasteiger partial charge in [0.15, 0.2) is 11.6 Å². The average Bonchev–Trinajstić information content (AvgIpc) is 2.46. The van der Waals surface area contributed by atoms with Crippen LogP contribution in [0.5, 0.6) is 5.75 Å². The average molecular weight is 291 g/mol. The molecule has 2 rings (SSSR count). The smallest absolute Gasteiger partial charge is 0.336 e. The van der Waals surface area contributed by atoms with Crippen LogP contribution in [0.2, 0.25) is 0 Å². The summed E-state index contributed by atoms with van der Waals surface area (Å²) in [5.41, 5.74) is -0.700. The van der Waals surface area contributed by atoms with Crippen LogP contribution in [-0.2, 0) is 0 Å². The Labute approximate surface area is 118 Å². The zero-order chi connectivity index (χ0) is 15.6. The molecule has 0 unspecified atom stereocenters. The summed E-state index contributed by atoms with van der Waals surface area (Å²) in [5.74, 6) is -2.15. The molecule has 2 aromatic rings. The molecule has 0 atom stereocenters. The minimum Gasteiger partial charge on any atom is -0.494 e. The van der Waals surface area contributed by atoms with Crippen molar-refractivity contribution in [2.45, 2.75) is 0 Å². The number of methoxy groups -OCH3 is 1. The van der Waals surface area contributed by atoms with Crippen molar-refractivity contribution in [3.05, 3.63) is 57.9 Å². The van der Waals surface area contributed by atoms with Crippen molar-refractivity contribution in [3.63, 3.8) is 0 Å². The third-order valence-electron chi connectivity index (χ3n) is 2.92. The quantitative estimate of drug-likeness (QED) is 0.690. The standard InChI is InChI=1S/C14H10FNO5/c1-21-12-4-2-3-9(13(12)15)11-7-8(16(19)20)5-6-10(11)14(17)18/h2-7H,1H3,(H,17,18). The molecule has 108 valence electrons. The minimum atomic E-state index is -1.30. The van der Waals surface area contributed by atoms with E-state index in [1.807, 2.05) is 0 Å². The normalized spacial score (nSPS) is 10.2. The first kappa shape index (κ1) is 14.4. The zero-order valence-corrected chi connectivity index (χ0v) is 10.9. The molecule has 21 heavy (non-hydrogen) atoms. The van der Waals surface area contributed by atoms with E-state index in [-0.39, 0.29) is 28.1 Å². The van der Waals surface area contributed by atoms with Crippen LogP contribution in [0.25, 0.3) is 11.1 Å². The third kappa shape index (κ3) is 2.66. The minimum absolute atomic E-state index is 0.0737. The van der Waals surface area contributed by atoms with Crippen LogP contribution in [0.3, 0.4) is 0 Å². The van der Waals surface area contributed by atoms with Crippen LogP contribution in [-0.4, -0.2) is 23.1 Å². The van der Waals surface area contributed by atoms with E-state index in [1.165, 1.54) is 25.3 Å². The first-order valence-corrected chi connectivity index (χ1v) is 5.80. The Balaban J connectivity index is 2.74. The lowest BCUT2D eigenvalue weighted by molar-refractivity contribution is -0.384. The van der Waals surface area contributed by atoms with Crippen LogP contribution >= 0.6 is 0 Å². The Hall–Kier alpha value is -2.96. The second-order valence-electron chi connectivity index (χ2n) is 4.11. The molecule has 0 bridgehead atoms. The van der Waals surface area contributed by atoms with Gasteiger partial charge in [-0.05, 0) is 12.1 Å². The summed E-state index contributed by atoms with van der Waals surface area (Å²) >= 11 is 0. The molecule has 0 heterocycles. The van der Waals surface area contributed by atoms with Gasteiger partial charge in [-0.25, -0.2) is 9.18 Å². The molecule has 0 spiro atoms. The van der Waals surface area contributed by atoms with Crippen molar-refractivity contribution in [3.8, 4) is 16.9 Å². The maximum atomic E-state index is 14.2. The van der Waals surface area contributed by atoms with Crippen molar-refractivity contribution in [2.75, 3.05) is 7.11 Å². The molecule has 1 N–H and O–H groups in total. The number of non-ortho nitro benzene ring substituents is 1. The summed E-state index contributed by atoms with van der Waals surface area (Å²) in [6.07, 6.45) is 0. The second-order valence-corrected chi connectivity index (χ2v) is 4.11. The monoisotopic (exact) mass is 291 g/mol.